The molecule has 0 spiro atoms. The van der Waals surface area contributed by atoms with E-state index >= 15 is 0 Å². The van der Waals surface area contributed by atoms with Crippen LogP contribution in [-0.4, -0.2) is 36.0 Å². The van der Waals surface area contributed by atoms with E-state index in [1.165, 1.54) is 38.5 Å². The fourth-order valence-electron chi connectivity index (χ4n) is 4.07. The van der Waals surface area contributed by atoms with Gasteiger partial charge in [-0.15, -0.1) is 0 Å². The van der Waals surface area contributed by atoms with Crippen LogP contribution in [0.2, 0.25) is 0 Å². The Balaban J connectivity index is 1.42. The van der Waals surface area contributed by atoms with Gasteiger partial charge in [0.1, 0.15) is 0 Å². The monoisotopic (exact) mass is 264 g/mol. The van der Waals surface area contributed by atoms with Crippen molar-refractivity contribution >= 4 is 5.91 Å². The molecule has 3 fully saturated rings. The molecule has 1 aliphatic heterocycles. The fourth-order valence-corrected chi connectivity index (χ4v) is 4.07. The van der Waals surface area contributed by atoms with E-state index in [0.29, 0.717) is 6.04 Å². The second-order valence-electron chi connectivity index (χ2n) is 6.91. The molecular formula is C16H28N2O. The average Bonchev–Trinajstić information content (AvgIpc) is 3.24. The Morgan fingerprint density at radius 2 is 1.68 bits per heavy atom. The highest BCUT2D eigenvalue weighted by molar-refractivity contribution is 5.73. The molecule has 1 saturated heterocycles. The molecule has 0 bridgehead atoms. The molecule has 2 aliphatic carbocycles. The van der Waals surface area contributed by atoms with Gasteiger partial charge in [0.2, 0.25) is 5.91 Å². The van der Waals surface area contributed by atoms with E-state index in [4.69, 9.17) is 0 Å². The molecule has 3 nitrogen and oxygen atoms in total. The zero-order valence-corrected chi connectivity index (χ0v) is 12.2. The Kier molecular flexibility index (Phi) is 4.11. The fraction of sp³-hybridized carbons (Fsp3) is 0.938. The van der Waals surface area contributed by atoms with E-state index in [1.54, 1.807) is 6.92 Å². The zero-order valence-electron chi connectivity index (χ0n) is 12.2. The Hall–Kier alpha value is -0.570. The summed E-state index contributed by atoms with van der Waals surface area (Å²) in [4.78, 5) is 13.3. The van der Waals surface area contributed by atoms with E-state index in [0.717, 1.165) is 43.8 Å². The van der Waals surface area contributed by atoms with Gasteiger partial charge in [0.15, 0.2) is 0 Å². The smallest absolute Gasteiger partial charge is 0.219 e. The average molecular weight is 264 g/mol. The molecule has 1 N–H and O–H groups in total. The first-order chi connectivity index (χ1) is 9.22. The van der Waals surface area contributed by atoms with Gasteiger partial charge >= 0.3 is 0 Å². The van der Waals surface area contributed by atoms with Crippen molar-refractivity contribution in [1.29, 1.82) is 0 Å². The molecule has 0 aromatic rings. The predicted octanol–water partition coefficient (Wildman–Crippen LogP) is 2.56. The van der Waals surface area contributed by atoms with Crippen LogP contribution in [0.15, 0.2) is 0 Å². The van der Waals surface area contributed by atoms with Gasteiger partial charge in [0.05, 0.1) is 0 Å². The molecule has 0 radical (unpaired) electrons. The summed E-state index contributed by atoms with van der Waals surface area (Å²) >= 11 is 0. The maximum absolute atomic E-state index is 11.3. The number of hydrogen-bond acceptors (Lipinski definition) is 2. The van der Waals surface area contributed by atoms with Gasteiger partial charge < -0.3 is 10.2 Å². The van der Waals surface area contributed by atoms with E-state index in [2.05, 4.69) is 5.32 Å². The van der Waals surface area contributed by atoms with Crippen molar-refractivity contribution in [3.63, 3.8) is 0 Å². The van der Waals surface area contributed by atoms with Crippen LogP contribution < -0.4 is 5.32 Å². The summed E-state index contributed by atoms with van der Waals surface area (Å²) in [6.45, 7) is 3.59. The number of amides is 1. The minimum Gasteiger partial charge on any atom is -0.343 e. The minimum atomic E-state index is 0.241. The lowest BCUT2D eigenvalue weighted by Gasteiger charge is -2.37. The summed E-state index contributed by atoms with van der Waals surface area (Å²) in [5.74, 6) is 2.33. The molecule has 2 unspecified atom stereocenters. The van der Waals surface area contributed by atoms with Crippen LogP contribution in [0.4, 0.5) is 0 Å². The third-order valence-corrected chi connectivity index (χ3v) is 5.42. The van der Waals surface area contributed by atoms with Gasteiger partial charge in [0.25, 0.3) is 0 Å². The van der Waals surface area contributed by atoms with Crippen molar-refractivity contribution in [3.8, 4) is 0 Å². The summed E-state index contributed by atoms with van der Waals surface area (Å²) in [6.07, 6.45) is 11.0. The first-order valence-electron chi connectivity index (χ1n) is 8.24. The highest BCUT2D eigenvalue weighted by atomic mass is 16.2. The van der Waals surface area contributed by atoms with Crippen LogP contribution in [0, 0.1) is 11.8 Å². The molecule has 3 rings (SSSR count). The number of nitrogens with one attached hydrogen (secondary N) is 1. The highest BCUT2D eigenvalue weighted by Crippen LogP contribution is 2.44. The Bertz CT molecular complexity index is 319. The third kappa shape index (κ3) is 3.50. The Morgan fingerprint density at radius 1 is 0.947 bits per heavy atom. The molecule has 3 heteroatoms. The zero-order chi connectivity index (χ0) is 13.2. The van der Waals surface area contributed by atoms with Crippen molar-refractivity contribution in [2.24, 2.45) is 11.8 Å². The summed E-state index contributed by atoms with van der Waals surface area (Å²) in [5, 5.41) is 3.89. The second kappa shape index (κ2) is 5.82. The van der Waals surface area contributed by atoms with Gasteiger partial charge in [-0.3, -0.25) is 4.79 Å². The van der Waals surface area contributed by atoms with Crippen LogP contribution in [0.3, 0.4) is 0 Å². The first kappa shape index (κ1) is 13.4. The Labute approximate surface area is 117 Å². The normalized spacial score (nSPS) is 33.4. The van der Waals surface area contributed by atoms with Crippen LogP contribution in [0.1, 0.15) is 58.3 Å². The molecule has 2 saturated carbocycles. The summed E-state index contributed by atoms with van der Waals surface area (Å²) in [5.41, 5.74) is 0. The van der Waals surface area contributed by atoms with Crippen LogP contribution >= 0.6 is 0 Å². The van der Waals surface area contributed by atoms with E-state index in [9.17, 15) is 4.79 Å². The van der Waals surface area contributed by atoms with E-state index in [-0.39, 0.29) is 5.91 Å². The first-order valence-corrected chi connectivity index (χ1v) is 8.24. The molecule has 1 amide bonds. The second-order valence-corrected chi connectivity index (χ2v) is 6.91. The number of carbonyl (C=O) groups excluding carboxylic acids is 1. The SMILES string of the molecule is CC(=O)N1CCC(NC2CCCC(C3CC3)C2)CC1. The highest BCUT2D eigenvalue weighted by Gasteiger charge is 2.35. The van der Waals surface area contributed by atoms with Gasteiger partial charge in [-0.05, 0) is 50.4 Å². The van der Waals surface area contributed by atoms with Crippen molar-refractivity contribution in [3.05, 3.63) is 0 Å². The van der Waals surface area contributed by atoms with Gasteiger partial charge in [0, 0.05) is 32.1 Å². The van der Waals surface area contributed by atoms with Gasteiger partial charge in [-0.1, -0.05) is 12.8 Å². The molecule has 2 atom stereocenters. The number of nitrogens with zero attached hydrogens (tertiary/aromatic N) is 1. The van der Waals surface area contributed by atoms with E-state index in [1.807, 2.05) is 4.90 Å². The molecule has 0 aromatic heterocycles. The lowest BCUT2D eigenvalue weighted by atomic mass is 9.82. The van der Waals surface area contributed by atoms with Gasteiger partial charge in [-0.2, -0.15) is 0 Å². The standard InChI is InChI=1S/C16H28N2O/c1-12(19)18-9-7-15(8-10-18)17-16-4-2-3-14(11-16)13-5-6-13/h13-17H,2-11H2,1H3. The van der Waals surface area contributed by atoms with Crippen molar-refractivity contribution in [1.82, 2.24) is 10.2 Å². The van der Waals surface area contributed by atoms with Crippen molar-refractivity contribution in [2.75, 3.05) is 13.1 Å². The molecule has 1 heterocycles. The van der Waals surface area contributed by atoms with E-state index < -0.39 is 0 Å². The topological polar surface area (TPSA) is 32.3 Å². The molecule has 19 heavy (non-hydrogen) atoms. The molecule has 108 valence electrons. The summed E-state index contributed by atoms with van der Waals surface area (Å²) in [6, 6.07) is 1.41. The maximum atomic E-state index is 11.3. The number of piperidine rings is 1. The maximum Gasteiger partial charge on any atom is 0.219 e. The number of likely N-dealkylation sites (tertiary alicyclic amines) is 1. The quantitative estimate of drug-likeness (QED) is 0.849. The lowest BCUT2D eigenvalue weighted by Crippen LogP contribution is -2.48. The number of rotatable bonds is 3. The molecule has 0 aromatic carbocycles. The minimum absolute atomic E-state index is 0.241. The van der Waals surface area contributed by atoms with Gasteiger partial charge in [-0.25, -0.2) is 0 Å². The molecule has 3 aliphatic rings. The van der Waals surface area contributed by atoms with Crippen LogP contribution in [0.5, 0.6) is 0 Å². The lowest BCUT2D eigenvalue weighted by molar-refractivity contribution is -0.129. The number of hydrogen-bond donors (Lipinski definition) is 1. The summed E-state index contributed by atoms with van der Waals surface area (Å²) < 4.78 is 0. The Morgan fingerprint density at radius 3 is 2.32 bits per heavy atom. The number of carbonyl (C=O) groups is 1. The predicted molar refractivity (Wildman–Crippen MR) is 76.9 cm³/mol. The molecular weight excluding hydrogens is 236 g/mol. The van der Waals surface area contributed by atoms with Crippen molar-refractivity contribution < 1.29 is 4.79 Å². The third-order valence-electron chi connectivity index (χ3n) is 5.42. The van der Waals surface area contributed by atoms with Crippen molar-refractivity contribution in [2.45, 2.75) is 70.4 Å². The van der Waals surface area contributed by atoms with Crippen LogP contribution in [-0.2, 0) is 4.79 Å². The summed E-state index contributed by atoms with van der Waals surface area (Å²) in [7, 11) is 0. The van der Waals surface area contributed by atoms with Crippen LogP contribution in [0.25, 0.3) is 0 Å². The largest absolute Gasteiger partial charge is 0.343 e.